The number of aliphatic hydroxyl groups is 1. The summed E-state index contributed by atoms with van der Waals surface area (Å²) in [5.41, 5.74) is 0.187. The van der Waals surface area contributed by atoms with E-state index in [0.29, 0.717) is 23.4 Å². The van der Waals surface area contributed by atoms with Gasteiger partial charge < -0.3 is 5.11 Å². The molecule has 20 heavy (non-hydrogen) atoms. The number of rotatable bonds is 2. The molecular weight excluding hydrogens is 338 g/mol. The van der Waals surface area contributed by atoms with Crippen LogP contribution in [0.1, 0.15) is 51.2 Å². The summed E-state index contributed by atoms with van der Waals surface area (Å²) in [4.78, 5) is 0. The third-order valence-corrected chi connectivity index (χ3v) is 5.32. The van der Waals surface area contributed by atoms with Crippen LogP contribution in [0.15, 0.2) is 22.7 Å². The van der Waals surface area contributed by atoms with Crippen LogP contribution in [0.3, 0.4) is 0 Å². The zero-order valence-corrected chi connectivity index (χ0v) is 14.1. The molecule has 2 rings (SSSR count). The first-order chi connectivity index (χ1) is 9.30. The summed E-state index contributed by atoms with van der Waals surface area (Å²) in [6, 6.07) is 7.79. The quantitative estimate of drug-likeness (QED) is 0.787. The Kier molecular flexibility index (Phi) is 4.49. The Bertz CT molecular complexity index is 540. The van der Waals surface area contributed by atoms with E-state index >= 15 is 0 Å². The molecule has 1 saturated carbocycles. The molecule has 0 saturated heterocycles. The molecule has 0 bridgehead atoms. The summed E-state index contributed by atoms with van der Waals surface area (Å²) < 4.78 is 0.870. The zero-order chi connectivity index (χ0) is 15.0. The smallest absolute Gasteiger partial charge is 0.0990 e. The van der Waals surface area contributed by atoms with Gasteiger partial charge in [0.25, 0.3) is 0 Å². The van der Waals surface area contributed by atoms with E-state index in [4.69, 9.17) is 11.6 Å². The highest BCUT2D eigenvalue weighted by atomic mass is 79.9. The van der Waals surface area contributed by atoms with Gasteiger partial charge in [0.15, 0.2) is 0 Å². The van der Waals surface area contributed by atoms with Crippen molar-refractivity contribution in [1.82, 2.24) is 0 Å². The van der Waals surface area contributed by atoms with Gasteiger partial charge in [0.05, 0.1) is 17.6 Å². The monoisotopic (exact) mass is 355 g/mol. The second kappa shape index (κ2) is 5.67. The Morgan fingerprint density at radius 1 is 1.30 bits per heavy atom. The summed E-state index contributed by atoms with van der Waals surface area (Å²) in [7, 11) is 0. The number of halogens is 2. The van der Waals surface area contributed by atoms with Gasteiger partial charge in [-0.15, -0.1) is 0 Å². The molecule has 0 spiro atoms. The van der Waals surface area contributed by atoms with Crippen molar-refractivity contribution in [3.05, 3.63) is 33.3 Å². The lowest BCUT2D eigenvalue weighted by atomic mass is 9.62. The van der Waals surface area contributed by atoms with Gasteiger partial charge in [-0.25, -0.2) is 0 Å². The van der Waals surface area contributed by atoms with E-state index in [1.165, 1.54) is 0 Å². The van der Waals surface area contributed by atoms with Gasteiger partial charge in [-0.2, -0.15) is 5.26 Å². The van der Waals surface area contributed by atoms with Gasteiger partial charge in [-0.3, -0.25) is 0 Å². The van der Waals surface area contributed by atoms with Crippen LogP contribution in [-0.4, -0.2) is 5.11 Å². The first kappa shape index (κ1) is 15.8. The third kappa shape index (κ3) is 3.03. The molecule has 0 aromatic heterocycles. The second-order valence-corrected chi connectivity index (χ2v) is 7.82. The van der Waals surface area contributed by atoms with Crippen LogP contribution in [0.2, 0.25) is 5.02 Å². The van der Waals surface area contributed by atoms with E-state index in [9.17, 15) is 10.4 Å². The maximum absolute atomic E-state index is 10.7. The summed E-state index contributed by atoms with van der Waals surface area (Å²) in [6.45, 7) is 4.43. The van der Waals surface area contributed by atoms with Crippen LogP contribution in [0.5, 0.6) is 0 Å². The highest BCUT2D eigenvalue weighted by Gasteiger charge is 2.44. The molecule has 1 atom stereocenters. The highest BCUT2D eigenvalue weighted by Crippen LogP contribution is 2.51. The SMILES string of the molecule is CC1(C)CCC(C#N)(C(O)c2ccc(Br)cc2Cl)CC1. The molecule has 1 aliphatic rings. The number of aliphatic hydroxyl groups excluding tert-OH is 1. The summed E-state index contributed by atoms with van der Waals surface area (Å²) in [6.07, 6.45) is 2.50. The van der Waals surface area contributed by atoms with Gasteiger partial charge in [0, 0.05) is 15.1 Å². The maximum atomic E-state index is 10.7. The molecule has 0 heterocycles. The Labute approximate surface area is 133 Å². The molecule has 0 amide bonds. The van der Waals surface area contributed by atoms with Crippen molar-refractivity contribution in [2.75, 3.05) is 0 Å². The normalized spacial score (nSPS) is 22.0. The van der Waals surface area contributed by atoms with Crippen molar-refractivity contribution in [1.29, 1.82) is 5.26 Å². The largest absolute Gasteiger partial charge is 0.387 e. The minimum absolute atomic E-state index is 0.254. The minimum Gasteiger partial charge on any atom is -0.387 e. The first-order valence-electron chi connectivity index (χ1n) is 6.84. The van der Waals surface area contributed by atoms with Gasteiger partial charge in [-0.05, 0) is 43.2 Å². The number of hydrogen-bond acceptors (Lipinski definition) is 2. The van der Waals surface area contributed by atoms with Gasteiger partial charge in [0.2, 0.25) is 0 Å². The first-order valence-corrected chi connectivity index (χ1v) is 8.01. The van der Waals surface area contributed by atoms with E-state index in [2.05, 4.69) is 35.8 Å². The molecule has 1 fully saturated rings. The molecule has 2 nitrogen and oxygen atoms in total. The number of nitrogens with zero attached hydrogens (tertiary/aromatic N) is 1. The predicted octanol–water partition coefficient (Wildman–Crippen LogP) is 5.25. The fourth-order valence-corrected chi connectivity index (χ4v) is 3.62. The lowest BCUT2D eigenvalue weighted by molar-refractivity contribution is 0.00961. The average Bonchev–Trinajstić information content (AvgIpc) is 2.39. The van der Waals surface area contributed by atoms with Crippen LogP contribution in [0.4, 0.5) is 0 Å². The highest BCUT2D eigenvalue weighted by molar-refractivity contribution is 9.10. The Balaban J connectivity index is 2.31. The van der Waals surface area contributed by atoms with Gasteiger partial charge in [0.1, 0.15) is 0 Å². The Morgan fingerprint density at radius 3 is 2.40 bits per heavy atom. The zero-order valence-electron chi connectivity index (χ0n) is 11.8. The van der Waals surface area contributed by atoms with Crippen LogP contribution in [-0.2, 0) is 0 Å². The summed E-state index contributed by atoms with van der Waals surface area (Å²) >= 11 is 9.57. The fraction of sp³-hybridized carbons (Fsp3) is 0.562. The van der Waals surface area contributed by atoms with Crippen molar-refractivity contribution in [3.8, 4) is 6.07 Å². The van der Waals surface area contributed by atoms with Crippen LogP contribution < -0.4 is 0 Å². The van der Waals surface area contributed by atoms with Crippen LogP contribution >= 0.6 is 27.5 Å². The van der Waals surface area contributed by atoms with Gasteiger partial charge in [-0.1, -0.05) is 47.4 Å². The van der Waals surface area contributed by atoms with Crippen molar-refractivity contribution in [3.63, 3.8) is 0 Å². The van der Waals surface area contributed by atoms with E-state index in [1.807, 2.05) is 6.07 Å². The Hall–Kier alpha value is -0.560. The van der Waals surface area contributed by atoms with Crippen LogP contribution in [0.25, 0.3) is 0 Å². The van der Waals surface area contributed by atoms with Crippen molar-refractivity contribution < 1.29 is 5.11 Å². The summed E-state index contributed by atoms with van der Waals surface area (Å²) in [5, 5.41) is 20.8. The molecule has 1 aliphatic carbocycles. The fourth-order valence-electron chi connectivity index (χ4n) is 2.84. The molecule has 1 unspecified atom stereocenters. The van der Waals surface area contributed by atoms with E-state index in [-0.39, 0.29) is 5.41 Å². The Morgan fingerprint density at radius 2 is 1.90 bits per heavy atom. The number of benzene rings is 1. The lowest BCUT2D eigenvalue weighted by Crippen LogP contribution is -2.35. The van der Waals surface area contributed by atoms with E-state index < -0.39 is 11.5 Å². The van der Waals surface area contributed by atoms with Gasteiger partial charge >= 0.3 is 0 Å². The van der Waals surface area contributed by atoms with Crippen LogP contribution in [0, 0.1) is 22.2 Å². The molecule has 1 N–H and O–H groups in total. The number of hydrogen-bond donors (Lipinski definition) is 1. The maximum Gasteiger partial charge on any atom is 0.0990 e. The molecule has 1 aromatic carbocycles. The van der Waals surface area contributed by atoms with E-state index in [1.54, 1.807) is 12.1 Å². The van der Waals surface area contributed by atoms with Crippen molar-refractivity contribution >= 4 is 27.5 Å². The topological polar surface area (TPSA) is 44.0 Å². The van der Waals surface area contributed by atoms with E-state index in [0.717, 1.165) is 17.3 Å². The standard InChI is InChI=1S/C16H19BrClNO/c1-15(2)5-7-16(10-19,8-6-15)14(20)12-4-3-11(17)9-13(12)18/h3-4,9,14,20H,5-8H2,1-2H3. The summed E-state index contributed by atoms with van der Waals surface area (Å²) in [5.74, 6) is 0. The molecule has 4 heteroatoms. The number of nitriles is 1. The molecule has 0 radical (unpaired) electrons. The second-order valence-electron chi connectivity index (χ2n) is 6.50. The molecular formula is C16H19BrClNO. The predicted molar refractivity (Wildman–Crippen MR) is 84.4 cm³/mol. The van der Waals surface area contributed by atoms with Crippen molar-refractivity contribution in [2.45, 2.75) is 45.6 Å². The average molecular weight is 357 g/mol. The molecule has 108 valence electrons. The molecule has 1 aromatic rings. The lowest BCUT2D eigenvalue weighted by Gasteiger charge is -2.42. The third-order valence-electron chi connectivity index (χ3n) is 4.50. The minimum atomic E-state index is -0.829. The van der Waals surface area contributed by atoms with Crippen molar-refractivity contribution in [2.24, 2.45) is 10.8 Å². The molecule has 0 aliphatic heterocycles.